The number of nitrogen functional groups attached to an aromatic ring is 1. The fraction of sp³-hybridized carbons (Fsp3) is 0.346. The lowest BCUT2D eigenvalue weighted by Gasteiger charge is -2.19. The first kappa shape index (κ1) is 21.8. The second-order valence-corrected chi connectivity index (χ2v) is 8.66. The summed E-state index contributed by atoms with van der Waals surface area (Å²) in [6, 6.07) is 13.9. The Morgan fingerprint density at radius 2 is 1.91 bits per heavy atom. The number of nitrogens with two attached hydrogens (primary N) is 1. The number of aryl methyl sites for hydroxylation is 1. The van der Waals surface area contributed by atoms with Crippen molar-refractivity contribution in [1.82, 2.24) is 15.2 Å². The normalized spacial score (nSPS) is 14.5. The predicted octanol–water partition coefficient (Wildman–Crippen LogP) is 3.95. The van der Waals surface area contributed by atoms with Crippen LogP contribution in [-0.4, -0.2) is 41.8 Å². The zero-order valence-electron chi connectivity index (χ0n) is 18.9. The Balaban J connectivity index is 1.76. The molecule has 6 nitrogen and oxygen atoms in total. The molecule has 3 aromatic rings. The van der Waals surface area contributed by atoms with Gasteiger partial charge in [-0.1, -0.05) is 25.1 Å². The maximum atomic E-state index is 13.2. The lowest BCUT2D eigenvalue weighted by atomic mass is 9.92. The predicted molar refractivity (Wildman–Crippen MR) is 128 cm³/mol. The van der Waals surface area contributed by atoms with Gasteiger partial charge in [-0.2, -0.15) is 0 Å². The minimum absolute atomic E-state index is 0.0248. The molecule has 3 N–H and O–H groups in total. The SMILES string of the molecule is CNC(=O)[C@@H](C)Cc1cc2cc(-c3c(C)cccc3C(=O)N3CCCC3)ccc2nc1N. The van der Waals surface area contributed by atoms with Gasteiger partial charge in [-0.25, -0.2) is 4.98 Å². The van der Waals surface area contributed by atoms with Gasteiger partial charge in [-0.05, 0) is 72.7 Å². The highest BCUT2D eigenvalue weighted by Crippen LogP contribution is 2.32. The number of amides is 2. The fourth-order valence-corrected chi connectivity index (χ4v) is 4.54. The van der Waals surface area contributed by atoms with Gasteiger partial charge in [0.05, 0.1) is 5.52 Å². The first-order valence-corrected chi connectivity index (χ1v) is 11.2. The molecule has 1 aliphatic rings. The number of benzene rings is 2. The van der Waals surface area contributed by atoms with E-state index in [-0.39, 0.29) is 17.7 Å². The fourth-order valence-electron chi connectivity index (χ4n) is 4.54. The lowest BCUT2D eigenvalue weighted by Crippen LogP contribution is -2.28. The van der Waals surface area contributed by atoms with Crippen molar-refractivity contribution in [2.75, 3.05) is 25.9 Å². The molecule has 32 heavy (non-hydrogen) atoms. The molecule has 0 bridgehead atoms. The Bertz CT molecular complexity index is 1180. The minimum Gasteiger partial charge on any atom is -0.383 e. The average Bonchev–Trinajstić information content (AvgIpc) is 3.33. The van der Waals surface area contributed by atoms with Crippen molar-refractivity contribution in [2.24, 2.45) is 5.92 Å². The molecule has 1 aliphatic heterocycles. The molecule has 2 amide bonds. The molecule has 4 rings (SSSR count). The molecule has 1 fully saturated rings. The highest BCUT2D eigenvalue weighted by atomic mass is 16.2. The third-order valence-electron chi connectivity index (χ3n) is 6.33. The topological polar surface area (TPSA) is 88.3 Å². The van der Waals surface area contributed by atoms with E-state index in [1.165, 1.54) is 0 Å². The van der Waals surface area contributed by atoms with Crippen molar-refractivity contribution in [3.8, 4) is 11.1 Å². The molecular weight excluding hydrogens is 400 g/mol. The monoisotopic (exact) mass is 430 g/mol. The molecule has 6 heteroatoms. The second kappa shape index (κ2) is 8.99. The van der Waals surface area contributed by atoms with Gasteiger partial charge >= 0.3 is 0 Å². The van der Waals surface area contributed by atoms with Crippen molar-refractivity contribution in [3.63, 3.8) is 0 Å². The Morgan fingerprint density at radius 1 is 1.16 bits per heavy atom. The van der Waals surface area contributed by atoms with Crippen LogP contribution < -0.4 is 11.1 Å². The van der Waals surface area contributed by atoms with Gasteiger partial charge in [-0.3, -0.25) is 9.59 Å². The van der Waals surface area contributed by atoms with Crippen LogP contribution in [0.15, 0.2) is 42.5 Å². The summed E-state index contributed by atoms with van der Waals surface area (Å²) in [7, 11) is 1.64. The van der Waals surface area contributed by atoms with Crippen LogP contribution >= 0.6 is 0 Å². The van der Waals surface area contributed by atoms with E-state index < -0.39 is 0 Å². The molecule has 1 atom stereocenters. The molecule has 0 unspecified atom stereocenters. The standard InChI is InChI=1S/C26H30N4O2/c1-16-7-6-8-21(26(32)30-11-4-5-12-30)23(16)18-9-10-22-19(14-18)15-20(24(27)29-22)13-17(2)25(31)28-3/h6-10,14-15,17H,4-5,11-13H2,1-3H3,(H2,27,29)(H,28,31)/t17-/m0/s1. The van der Waals surface area contributed by atoms with Crippen molar-refractivity contribution in [3.05, 3.63) is 59.2 Å². The summed E-state index contributed by atoms with van der Waals surface area (Å²) in [5.41, 5.74) is 11.6. The molecule has 0 spiro atoms. The van der Waals surface area contributed by atoms with Gasteiger partial charge in [0.2, 0.25) is 5.91 Å². The van der Waals surface area contributed by atoms with Gasteiger partial charge in [0.25, 0.3) is 5.91 Å². The van der Waals surface area contributed by atoms with Crippen LogP contribution in [0, 0.1) is 12.8 Å². The van der Waals surface area contributed by atoms with Crippen molar-refractivity contribution in [2.45, 2.75) is 33.1 Å². The maximum Gasteiger partial charge on any atom is 0.254 e. The Morgan fingerprint density at radius 3 is 2.62 bits per heavy atom. The third-order valence-corrected chi connectivity index (χ3v) is 6.33. The summed E-state index contributed by atoms with van der Waals surface area (Å²) in [5.74, 6) is 0.313. The molecule has 0 saturated carbocycles. The summed E-state index contributed by atoms with van der Waals surface area (Å²) < 4.78 is 0. The van der Waals surface area contributed by atoms with Gasteiger partial charge in [0, 0.05) is 37.0 Å². The van der Waals surface area contributed by atoms with E-state index in [1.54, 1.807) is 7.05 Å². The number of likely N-dealkylation sites (tertiary alicyclic amines) is 1. The molecule has 2 aromatic carbocycles. The van der Waals surface area contributed by atoms with Gasteiger partial charge < -0.3 is 16.0 Å². The first-order valence-electron chi connectivity index (χ1n) is 11.2. The van der Waals surface area contributed by atoms with Crippen LogP contribution in [0.25, 0.3) is 22.0 Å². The maximum absolute atomic E-state index is 13.2. The molecular formula is C26H30N4O2. The lowest BCUT2D eigenvalue weighted by molar-refractivity contribution is -0.123. The van der Waals surface area contributed by atoms with Crippen molar-refractivity contribution in [1.29, 1.82) is 0 Å². The number of carbonyl (C=O) groups excluding carboxylic acids is 2. The Kier molecular flexibility index (Phi) is 6.12. The molecule has 0 aliphatic carbocycles. The number of nitrogens with zero attached hydrogens (tertiary/aromatic N) is 2. The number of carbonyl (C=O) groups is 2. The minimum atomic E-state index is -0.203. The summed E-state index contributed by atoms with van der Waals surface area (Å²) in [4.78, 5) is 31.7. The van der Waals surface area contributed by atoms with Crippen LogP contribution in [0.5, 0.6) is 0 Å². The smallest absolute Gasteiger partial charge is 0.254 e. The van der Waals surface area contributed by atoms with Crippen LogP contribution in [0.3, 0.4) is 0 Å². The largest absolute Gasteiger partial charge is 0.383 e. The van der Waals surface area contributed by atoms with Crippen LogP contribution in [0.4, 0.5) is 5.82 Å². The second-order valence-electron chi connectivity index (χ2n) is 8.66. The van der Waals surface area contributed by atoms with E-state index in [0.29, 0.717) is 12.2 Å². The zero-order chi connectivity index (χ0) is 22.8. The number of fused-ring (bicyclic) bond motifs is 1. The van der Waals surface area contributed by atoms with Crippen LogP contribution in [-0.2, 0) is 11.2 Å². The number of hydrogen-bond acceptors (Lipinski definition) is 4. The number of rotatable bonds is 5. The van der Waals surface area contributed by atoms with E-state index in [4.69, 9.17) is 5.73 Å². The Hall–Kier alpha value is -3.41. The first-order chi connectivity index (χ1) is 15.4. The van der Waals surface area contributed by atoms with E-state index in [9.17, 15) is 9.59 Å². The van der Waals surface area contributed by atoms with Gasteiger partial charge in [-0.15, -0.1) is 0 Å². The van der Waals surface area contributed by atoms with Gasteiger partial charge in [0.15, 0.2) is 0 Å². The summed E-state index contributed by atoms with van der Waals surface area (Å²) in [6.45, 7) is 5.56. The molecule has 1 saturated heterocycles. The van der Waals surface area contributed by atoms with Crippen LogP contribution in [0.1, 0.15) is 41.3 Å². The summed E-state index contributed by atoms with van der Waals surface area (Å²) in [5, 5.41) is 3.63. The summed E-state index contributed by atoms with van der Waals surface area (Å²) >= 11 is 0. The Labute approximate surface area is 188 Å². The number of anilines is 1. The third kappa shape index (κ3) is 4.17. The number of pyridine rings is 1. The van der Waals surface area contributed by atoms with Crippen molar-refractivity contribution >= 4 is 28.5 Å². The molecule has 2 heterocycles. The summed E-state index contributed by atoms with van der Waals surface area (Å²) in [6.07, 6.45) is 2.64. The highest BCUT2D eigenvalue weighted by molar-refractivity contribution is 6.02. The number of hydrogen-bond donors (Lipinski definition) is 2. The highest BCUT2D eigenvalue weighted by Gasteiger charge is 2.23. The van der Waals surface area contributed by atoms with E-state index in [2.05, 4.69) is 16.4 Å². The van der Waals surface area contributed by atoms with Gasteiger partial charge in [0.1, 0.15) is 5.82 Å². The molecule has 0 radical (unpaired) electrons. The number of nitrogens with one attached hydrogen (secondary N) is 1. The van der Waals surface area contributed by atoms with E-state index in [1.807, 2.05) is 55.1 Å². The van der Waals surface area contributed by atoms with Crippen LogP contribution in [0.2, 0.25) is 0 Å². The van der Waals surface area contributed by atoms with E-state index in [0.717, 1.165) is 64.7 Å². The molecule has 1 aromatic heterocycles. The van der Waals surface area contributed by atoms with Crippen molar-refractivity contribution < 1.29 is 9.59 Å². The number of aromatic nitrogens is 1. The van der Waals surface area contributed by atoms with E-state index >= 15 is 0 Å². The zero-order valence-corrected chi connectivity index (χ0v) is 18.9. The molecule has 166 valence electrons. The average molecular weight is 431 g/mol. The quantitative estimate of drug-likeness (QED) is 0.641.